The molecule has 160 valence electrons. The molecular formula is C21H37N3O4. The van der Waals surface area contributed by atoms with Crippen molar-refractivity contribution in [2.45, 2.75) is 71.1 Å². The average Bonchev–Trinajstić information content (AvgIpc) is 3.17. The lowest BCUT2D eigenvalue weighted by Crippen LogP contribution is -2.54. The highest BCUT2D eigenvalue weighted by Crippen LogP contribution is 2.25. The fourth-order valence-corrected chi connectivity index (χ4v) is 4.49. The summed E-state index contributed by atoms with van der Waals surface area (Å²) in [6, 6.07) is 0.373. The van der Waals surface area contributed by atoms with E-state index in [1.54, 1.807) is 0 Å². The van der Waals surface area contributed by atoms with Gasteiger partial charge in [-0.2, -0.15) is 0 Å². The molecule has 0 saturated carbocycles. The molecule has 3 atom stereocenters. The second kappa shape index (κ2) is 8.99. The SMILES string of the molecule is CC[C@@H]1C[C@H](C(=O)N2CCN([C@H]3CCN(C(=O)OC(C)(C)C)C3)CC2)CCO1. The maximum Gasteiger partial charge on any atom is 0.410 e. The summed E-state index contributed by atoms with van der Waals surface area (Å²) in [6.07, 6.45) is 3.69. The van der Waals surface area contributed by atoms with Gasteiger partial charge in [0.1, 0.15) is 5.60 Å². The first kappa shape index (κ1) is 21.4. The van der Waals surface area contributed by atoms with Gasteiger partial charge in [0.25, 0.3) is 0 Å². The number of ether oxygens (including phenoxy) is 2. The van der Waals surface area contributed by atoms with Crippen LogP contribution in [0.5, 0.6) is 0 Å². The van der Waals surface area contributed by atoms with E-state index in [4.69, 9.17) is 9.47 Å². The Labute approximate surface area is 169 Å². The molecule has 0 unspecified atom stereocenters. The lowest BCUT2D eigenvalue weighted by atomic mass is 9.93. The molecule has 0 aromatic rings. The van der Waals surface area contributed by atoms with E-state index in [9.17, 15) is 9.59 Å². The van der Waals surface area contributed by atoms with Gasteiger partial charge in [-0.1, -0.05) is 6.92 Å². The zero-order valence-electron chi connectivity index (χ0n) is 18.0. The monoisotopic (exact) mass is 395 g/mol. The van der Waals surface area contributed by atoms with Crippen LogP contribution >= 0.6 is 0 Å². The van der Waals surface area contributed by atoms with Gasteiger partial charge >= 0.3 is 6.09 Å². The Balaban J connectivity index is 1.44. The number of carbonyl (C=O) groups is 2. The number of carbonyl (C=O) groups excluding carboxylic acids is 2. The summed E-state index contributed by atoms with van der Waals surface area (Å²) >= 11 is 0. The van der Waals surface area contributed by atoms with Crippen molar-refractivity contribution in [1.82, 2.24) is 14.7 Å². The molecule has 0 spiro atoms. The Hall–Kier alpha value is -1.34. The molecule has 0 N–H and O–H groups in total. The third-order valence-electron chi connectivity index (χ3n) is 6.13. The predicted molar refractivity (Wildman–Crippen MR) is 107 cm³/mol. The predicted octanol–water partition coefficient (Wildman–Crippen LogP) is 2.35. The van der Waals surface area contributed by atoms with Crippen molar-refractivity contribution >= 4 is 12.0 Å². The van der Waals surface area contributed by atoms with E-state index in [-0.39, 0.29) is 18.1 Å². The van der Waals surface area contributed by atoms with E-state index < -0.39 is 5.60 Å². The minimum atomic E-state index is -0.456. The fraction of sp³-hybridized carbons (Fsp3) is 0.905. The Morgan fingerprint density at radius 3 is 2.39 bits per heavy atom. The lowest BCUT2D eigenvalue weighted by molar-refractivity contribution is -0.142. The number of likely N-dealkylation sites (tertiary alicyclic amines) is 1. The van der Waals surface area contributed by atoms with Crippen LogP contribution in [-0.2, 0) is 14.3 Å². The first-order chi connectivity index (χ1) is 13.3. The largest absolute Gasteiger partial charge is 0.444 e. The summed E-state index contributed by atoms with van der Waals surface area (Å²) in [5, 5.41) is 0. The molecule has 7 nitrogen and oxygen atoms in total. The minimum Gasteiger partial charge on any atom is -0.444 e. The maximum absolute atomic E-state index is 12.9. The van der Waals surface area contributed by atoms with Crippen molar-refractivity contribution in [2.75, 3.05) is 45.9 Å². The van der Waals surface area contributed by atoms with Crippen molar-refractivity contribution in [1.29, 1.82) is 0 Å². The van der Waals surface area contributed by atoms with Crippen LogP contribution in [0.2, 0.25) is 0 Å². The molecular weight excluding hydrogens is 358 g/mol. The van der Waals surface area contributed by atoms with Crippen LogP contribution in [0.1, 0.15) is 53.4 Å². The minimum absolute atomic E-state index is 0.124. The highest BCUT2D eigenvalue weighted by Gasteiger charge is 2.36. The average molecular weight is 396 g/mol. The second-order valence-corrected chi connectivity index (χ2v) is 9.35. The molecule has 3 aliphatic heterocycles. The molecule has 28 heavy (non-hydrogen) atoms. The number of hydrogen-bond donors (Lipinski definition) is 0. The molecule has 0 radical (unpaired) electrons. The zero-order valence-corrected chi connectivity index (χ0v) is 18.0. The van der Waals surface area contributed by atoms with Crippen LogP contribution < -0.4 is 0 Å². The smallest absolute Gasteiger partial charge is 0.410 e. The van der Waals surface area contributed by atoms with Gasteiger partial charge in [-0.25, -0.2) is 4.79 Å². The van der Waals surface area contributed by atoms with E-state index >= 15 is 0 Å². The maximum atomic E-state index is 12.9. The molecule has 0 aromatic carbocycles. The van der Waals surface area contributed by atoms with Gasteiger partial charge < -0.3 is 19.3 Å². The van der Waals surface area contributed by atoms with E-state index in [0.29, 0.717) is 18.6 Å². The number of hydrogen-bond acceptors (Lipinski definition) is 5. The number of piperazine rings is 1. The standard InChI is InChI=1S/C21H37N3O4/c1-5-18-14-16(7-13-27-18)19(25)23-11-9-22(10-12-23)17-6-8-24(15-17)20(26)28-21(2,3)4/h16-18H,5-15H2,1-4H3/t16-,17+,18-/m1/s1. The number of amides is 2. The lowest BCUT2D eigenvalue weighted by Gasteiger charge is -2.40. The van der Waals surface area contributed by atoms with Gasteiger partial charge in [0.2, 0.25) is 5.91 Å². The summed E-state index contributed by atoms with van der Waals surface area (Å²) in [5.74, 6) is 0.433. The third-order valence-corrected chi connectivity index (χ3v) is 6.13. The molecule has 3 fully saturated rings. The Morgan fingerprint density at radius 2 is 1.75 bits per heavy atom. The second-order valence-electron chi connectivity index (χ2n) is 9.35. The zero-order chi connectivity index (χ0) is 20.3. The fourth-order valence-electron chi connectivity index (χ4n) is 4.49. The molecule has 7 heteroatoms. The van der Waals surface area contributed by atoms with Crippen LogP contribution in [0.3, 0.4) is 0 Å². The Bertz CT molecular complexity index is 554. The molecule has 0 aromatic heterocycles. The first-order valence-corrected chi connectivity index (χ1v) is 10.9. The summed E-state index contributed by atoms with van der Waals surface area (Å²) in [4.78, 5) is 31.5. The van der Waals surface area contributed by atoms with E-state index in [0.717, 1.165) is 65.0 Å². The third kappa shape index (κ3) is 5.38. The molecule has 3 rings (SSSR count). The topological polar surface area (TPSA) is 62.3 Å². The van der Waals surface area contributed by atoms with Gasteiger partial charge in [0, 0.05) is 57.8 Å². The van der Waals surface area contributed by atoms with Crippen LogP contribution in [-0.4, -0.2) is 90.3 Å². The molecule has 3 heterocycles. The number of rotatable bonds is 3. The van der Waals surface area contributed by atoms with Gasteiger partial charge in [-0.3, -0.25) is 9.69 Å². The van der Waals surface area contributed by atoms with Crippen molar-refractivity contribution in [2.24, 2.45) is 5.92 Å². The summed E-state index contributed by atoms with van der Waals surface area (Å²) < 4.78 is 11.2. The molecule has 0 aliphatic carbocycles. The van der Waals surface area contributed by atoms with E-state index in [1.807, 2.05) is 30.6 Å². The van der Waals surface area contributed by atoms with Crippen molar-refractivity contribution in [3.8, 4) is 0 Å². The van der Waals surface area contributed by atoms with Crippen molar-refractivity contribution in [3.63, 3.8) is 0 Å². The van der Waals surface area contributed by atoms with Gasteiger partial charge in [-0.05, 0) is 46.5 Å². The van der Waals surface area contributed by atoms with Gasteiger partial charge in [-0.15, -0.1) is 0 Å². The molecule has 0 bridgehead atoms. The summed E-state index contributed by atoms with van der Waals surface area (Å²) in [5.41, 5.74) is -0.456. The van der Waals surface area contributed by atoms with E-state index in [2.05, 4.69) is 11.8 Å². The summed E-state index contributed by atoms with van der Waals surface area (Å²) in [7, 11) is 0. The van der Waals surface area contributed by atoms with E-state index in [1.165, 1.54) is 0 Å². The highest BCUT2D eigenvalue weighted by molar-refractivity contribution is 5.79. The first-order valence-electron chi connectivity index (χ1n) is 10.9. The van der Waals surface area contributed by atoms with Crippen LogP contribution in [0.25, 0.3) is 0 Å². The molecule has 3 saturated heterocycles. The normalized spacial score (nSPS) is 29.8. The summed E-state index contributed by atoms with van der Waals surface area (Å²) in [6.45, 7) is 13.3. The molecule has 3 aliphatic rings. The molecule has 2 amide bonds. The Morgan fingerprint density at radius 1 is 1.04 bits per heavy atom. The quantitative estimate of drug-likeness (QED) is 0.734. The van der Waals surface area contributed by atoms with Crippen LogP contribution in [0.4, 0.5) is 4.79 Å². The van der Waals surface area contributed by atoms with Crippen molar-refractivity contribution in [3.05, 3.63) is 0 Å². The highest BCUT2D eigenvalue weighted by atomic mass is 16.6. The van der Waals surface area contributed by atoms with Gasteiger partial charge in [0.05, 0.1) is 6.10 Å². The number of nitrogens with zero attached hydrogens (tertiary/aromatic N) is 3. The van der Waals surface area contributed by atoms with Crippen LogP contribution in [0.15, 0.2) is 0 Å². The Kier molecular flexibility index (Phi) is 6.86. The van der Waals surface area contributed by atoms with Gasteiger partial charge in [0.15, 0.2) is 0 Å². The van der Waals surface area contributed by atoms with Crippen molar-refractivity contribution < 1.29 is 19.1 Å². The van der Waals surface area contributed by atoms with Crippen LogP contribution in [0, 0.1) is 5.92 Å².